The van der Waals surface area contributed by atoms with E-state index in [2.05, 4.69) is 229 Å². The van der Waals surface area contributed by atoms with Crippen LogP contribution in [0.25, 0.3) is 71.6 Å². The number of anilines is 3. The van der Waals surface area contributed by atoms with Crippen LogP contribution in [0.1, 0.15) is 5.56 Å². The minimum absolute atomic E-state index is 1.10. The highest BCUT2D eigenvalue weighted by Gasteiger charge is 2.22. The number of hydrogen-bond donors (Lipinski definition) is 0. The van der Waals surface area contributed by atoms with E-state index in [0.29, 0.717) is 0 Å². The number of para-hydroxylation sites is 1. The number of aromatic nitrogens is 1. The molecule has 10 rings (SSSR count). The number of aryl methyl sites for hydroxylation is 1. The van der Waals surface area contributed by atoms with Crippen LogP contribution in [0.5, 0.6) is 0 Å². The van der Waals surface area contributed by atoms with Crippen LogP contribution in [0.3, 0.4) is 0 Å². The lowest BCUT2D eigenvalue weighted by molar-refractivity contribution is 1.17. The second-order valence-electron chi connectivity index (χ2n) is 14.3. The van der Waals surface area contributed by atoms with E-state index in [-0.39, 0.29) is 0 Å². The Bertz CT molecular complexity index is 2880. The van der Waals surface area contributed by atoms with Gasteiger partial charge in [-0.05, 0) is 106 Å². The Balaban J connectivity index is 1.20. The molecule has 0 radical (unpaired) electrons. The number of benzene rings is 9. The fourth-order valence-electron chi connectivity index (χ4n) is 8.17. The van der Waals surface area contributed by atoms with Gasteiger partial charge < -0.3 is 9.47 Å². The van der Waals surface area contributed by atoms with Gasteiger partial charge in [-0.15, -0.1) is 0 Å². The highest BCUT2D eigenvalue weighted by molar-refractivity contribution is 6.17. The molecule has 0 aliphatic rings. The molecule has 1 heterocycles. The fraction of sp³-hybridized carbons (Fsp3) is 0.0189. The highest BCUT2D eigenvalue weighted by atomic mass is 15.1. The van der Waals surface area contributed by atoms with Crippen molar-refractivity contribution in [3.8, 4) is 39.1 Å². The molecular formula is C53H38N2. The molecule has 0 saturated carbocycles. The molecule has 2 nitrogen and oxygen atoms in total. The van der Waals surface area contributed by atoms with E-state index < -0.39 is 0 Å². The molecule has 0 aliphatic carbocycles. The van der Waals surface area contributed by atoms with Gasteiger partial charge in [0.1, 0.15) is 0 Å². The first kappa shape index (κ1) is 32.5. The van der Waals surface area contributed by atoms with Gasteiger partial charge in [-0.1, -0.05) is 158 Å². The standard InChI is InChI=1S/C53H38N2/c1-37-23-34-47(44-25-24-40-17-8-9-18-43(40)36-44)52(35-37)55-49-20-11-10-19-48(49)53-50(21-12-22-51(53)55)54(45-30-26-41(27-31-45)38-13-4-2-5-14-38)46-32-28-42(29-33-46)39-15-6-3-7-16-39/h2-36H,1H3. The summed E-state index contributed by atoms with van der Waals surface area (Å²) in [5, 5.41) is 4.91. The maximum atomic E-state index is 2.47. The molecule has 260 valence electrons. The van der Waals surface area contributed by atoms with Gasteiger partial charge in [0.05, 0.1) is 22.4 Å². The van der Waals surface area contributed by atoms with Gasteiger partial charge in [-0.3, -0.25) is 0 Å². The van der Waals surface area contributed by atoms with Crippen molar-refractivity contribution < 1.29 is 0 Å². The Morgan fingerprint density at radius 3 is 1.60 bits per heavy atom. The summed E-state index contributed by atoms with van der Waals surface area (Å²) in [6, 6.07) is 77.1. The lowest BCUT2D eigenvalue weighted by Crippen LogP contribution is -2.10. The normalized spacial score (nSPS) is 11.4. The number of rotatable bonds is 7. The molecule has 0 saturated heterocycles. The number of fused-ring (bicyclic) bond motifs is 4. The number of nitrogens with zero attached hydrogens (tertiary/aromatic N) is 2. The average molecular weight is 703 g/mol. The second-order valence-corrected chi connectivity index (χ2v) is 14.3. The Morgan fingerprint density at radius 1 is 0.382 bits per heavy atom. The first-order chi connectivity index (χ1) is 27.2. The summed E-state index contributed by atoms with van der Waals surface area (Å²) in [6.45, 7) is 2.19. The van der Waals surface area contributed by atoms with Crippen LogP contribution >= 0.6 is 0 Å². The Hall–Kier alpha value is -7.16. The van der Waals surface area contributed by atoms with Crippen LogP contribution in [-0.4, -0.2) is 4.57 Å². The zero-order valence-electron chi connectivity index (χ0n) is 30.6. The van der Waals surface area contributed by atoms with E-state index in [0.717, 1.165) is 22.6 Å². The van der Waals surface area contributed by atoms with Gasteiger partial charge in [0.2, 0.25) is 0 Å². The monoisotopic (exact) mass is 702 g/mol. The predicted octanol–water partition coefficient (Wildman–Crippen LogP) is 14.7. The van der Waals surface area contributed by atoms with Crippen LogP contribution in [0, 0.1) is 6.92 Å². The van der Waals surface area contributed by atoms with Crippen molar-refractivity contribution in [1.29, 1.82) is 0 Å². The molecule has 0 unspecified atom stereocenters. The van der Waals surface area contributed by atoms with Crippen LogP contribution in [0.2, 0.25) is 0 Å². The third-order valence-corrected chi connectivity index (χ3v) is 10.8. The molecular weight excluding hydrogens is 665 g/mol. The van der Waals surface area contributed by atoms with E-state index in [1.54, 1.807) is 0 Å². The largest absolute Gasteiger partial charge is 0.310 e. The zero-order valence-corrected chi connectivity index (χ0v) is 30.6. The quantitative estimate of drug-likeness (QED) is 0.160. The van der Waals surface area contributed by atoms with Crippen LogP contribution in [0.4, 0.5) is 17.1 Å². The third-order valence-electron chi connectivity index (χ3n) is 10.8. The van der Waals surface area contributed by atoms with Gasteiger partial charge in [-0.25, -0.2) is 0 Å². The summed E-state index contributed by atoms with van der Waals surface area (Å²) in [5.74, 6) is 0. The summed E-state index contributed by atoms with van der Waals surface area (Å²) < 4.78 is 2.47. The van der Waals surface area contributed by atoms with Crippen molar-refractivity contribution in [2.24, 2.45) is 0 Å². The SMILES string of the molecule is Cc1ccc(-c2ccc3ccccc3c2)c(-n2c3ccccc3c3c(N(c4ccc(-c5ccccc5)cc4)c4ccc(-c5ccccc5)cc4)cccc32)c1. The summed E-state index contributed by atoms with van der Waals surface area (Å²) in [7, 11) is 0. The predicted molar refractivity (Wildman–Crippen MR) is 234 cm³/mol. The number of hydrogen-bond acceptors (Lipinski definition) is 1. The van der Waals surface area contributed by atoms with Crippen molar-refractivity contribution in [1.82, 2.24) is 4.57 Å². The third kappa shape index (κ3) is 5.85. The van der Waals surface area contributed by atoms with Gasteiger partial charge in [0.15, 0.2) is 0 Å². The highest BCUT2D eigenvalue weighted by Crippen LogP contribution is 2.45. The molecule has 0 spiro atoms. The maximum Gasteiger partial charge on any atom is 0.0562 e. The summed E-state index contributed by atoms with van der Waals surface area (Å²) >= 11 is 0. The lowest BCUT2D eigenvalue weighted by Gasteiger charge is -2.27. The first-order valence-electron chi connectivity index (χ1n) is 18.9. The van der Waals surface area contributed by atoms with Gasteiger partial charge in [0, 0.05) is 27.7 Å². The zero-order chi connectivity index (χ0) is 36.7. The van der Waals surface area contributed by atoms with Crippen molar-refractivity contribution in [3.63, 3.8) is 0 Å². The van der Waals surface area contributed by atoms with Crippen LogP contribution in [-0.2, 0) is 0 Å². The Labute approximate surface area is 321 Å². The minimum atomic E-state index is 1.10. The first-order valence-corrected chi connectivity index (χ1v) is 18.9. The fourth-order valence-corrected chi connectivity index (χ4v) is 8.17. The topological polar surface area (TPSA) is 8.17 Å². The molecule has 0 N–H and O–H groups in total. The van der Waals surface area contributed by atoms with Gasteiger partial charge in [0.25, 0.3) is 0 Å². The smallest absolute Gasteiger partial charge is 0.0562 e. The molecule has 0 atom stereocenters. The van der Waals surface area contributed by atoms with E-state index >= 15 is 0 Å². The lowest BCUT2D eigenvalue weighted by atomic mass is 9.98. The molecule has 1 aromatic heterocycles. The molecule has 0 bridgehead atoms. The summed E-state index contributed by atoms with van der Waals surface area (Å²) in [6.07, 6.45) is 0. The summed E-state index contributed by atoms with van der Waals surface area (Å²) in [4.78, 5) is 2.42. The van der Waals surface area contributed by atoms with Crippen molar-refractivity contribution in [2.45, 2.75) is 6.92 Å². The van der Waals surface area contributed by atoms with Gasteiger partial charge in [-0.2, -0.15) is 0 Å². The van der Waals surface area contributed by atoms with Crippen molar-refractivity contribution in [3.05, 3.63) is 218 Å². The Kier molecular flexibility index (Phi) is 8.08. The van der Waals surface area contributed by atoms with Gasteiger partial charge >= 0.3 is 0 Å². The molecule has 0 amide bonds. The minimum Gasteiger partial charge on any atom is -0.310 e. The maximum absolute atomic E-state index is 2.47. The van der Waals surface area contributed by atoms with E-state index in [9.17, 15) is 0 Å². The molecule has 0 aliphatic heterocycles. The van der Waals surface area contributed by atoms with E-state index in [1.165, 1.54) is 71.7 Å². The molecule has 0 fully saturated rings. The van der Waals surface area contributed by atoms with Crippen molar-refractivity contribution >= 4 is 49.6 Å². The molecule has 9 aromatic carbocycles. The van der Waals surface area contributed by atoms with E-state index in [1.807, 2.05) is 0 Å². The average Bonchev–Trinajstić information content (AvgIpc) is 3.60. The molecule has 2 heteroatoms. The Morgan fingerprint density at radius 2 is 0.927 bits per heavy atom. The van der Waals surface area contributed by atoms with Crippen LogP contribution in [0.15, 0.2) is 212 Å². The molecule has 10 aromatic rings. The van der Waals surface area contributed by atoms with Crippen LogP contribution < -0.4 is 4.90 Å². The van der Waals surface area contributed by atoms with Crippen molar-refractivity contribution in [2.75, 3.05) is 4.90 Å². The second kappa shape index (κ2) is 13.7. The summed E-state index contributed by atoms with van der Waals surface area (Å²) in [5.41, 5.74) is 15.3. The van der Waals surface area contributed by atoms with E-state index in [4.69, 9.17) is 0 Å². The molecule has 55 heavy (non-hydrogen) atoms.